The van der Waals surface area contributed by atoms with Gasteiger partial charge in [-0.25, -0.2) is 3.11 Å². The highest BCUT2D eigenvalue weighted by Gasteiger charge is 1.89. The van der Waals surface area contributed by atoms with Crippen LogP contribution in [0.15, 0.2) is 0 Å². The van der Waals surface area contributed by atoms with Crippen LogP contribution in [0.3, 0.4) is 0 Å². The number of hydrogen-bond acceptors (Lipinski definition) is 1. The zero-order valence-corrected chi connectivity index (χ0v) is 9.10. The maximum atomic E-state index is 2.34. The minimum atomic E-state index is 1.16. The Morgan fingerprint density at radius 2 is 1.67 bits per heavy atom. The van der Waals surface area contributed by atoms with E-state index in [9.17, 15) is 0 Å². The van der Waals surface area contributed by atoms with E-state index >= 15 is 0 Å². The Labute approximate surface area is 73.3 Å². The summed E-state index contributed by atoms with van der Waals surface area (Å²) >= 11 is 2.34. The molecule has 0 unspecified atom stereocenters. The van der Waals surface area contributed by atoms with Gasteiger partial charge in [0.1, 0.15) is 0 Å². The van der Waals surface area contributed by atoms with E-state index in [4.69, 9.17) is 0 Å². The molecular formula is C7H18IN. The van der Waals surface area contributed by atoms with Gasteiger partial charge in [0.15, 0.2) is 0 Å². The fraction of sp³-hybridized carbons (Fsp3) is 1.00. The van der Waals surface area contributed by atoms with Crippen molar-refractivity contribution in [3.63, 3.8) is 0 Å². The Morgan fingerprint density at radius 1 is 1.22 bits per heavy atom. The third-order valence-electron chi connectivity index (χ3n) is 0.809. The maximum Gasteiger partial charge on any atom is 0.0201 e. The lowest BCUT2D eigenvalue weighted by molar-refractivity contribution is 0.532. The predicted octanol–water partition coefficient (Wildman–Crippen LogP) is 3.09. The van der Waals surface area contributed by atoms with Crippen molar-refractivity contribution in [1.82, 2.24) is 3.11 Å². The molecule has 0 amide bonds. The molecular weight excluding hydrogens is 225 g/mol. The van der Waals surface area contributed by atoms with E-state index in [-0.39, 0.29) is 0 Å². The van der Waals surface area contributed by atoms with Crippen molar-refractivity contribution in [3.05, 3.63) is 0 Å². The minimum absolute atomic E-state index is 1.16. The van der Waals surface area contributed by atoms with Crippen molar-refractivity contribution < 1.29 is 0 Å². The molecule has 0 rings (SSSR count). The Morgan fingerprint density at radius 3 is 1.78 bits per heavy atom. The molecule has 0 aliphatic rings. The summed E-state index contributed by atoms with van der Waals surface area (Å²) in [4.78, 5) is 0. The first-order chi connectivity index (χ1) is 4.31. The van der Waals surface area contributed by atoms with Gasteiger partial charge < -0.3 is 0 Å². The number of nitrogens with zero attached hydrogens (tertiary/aromatic N) is 1. The Bertz CT molecular complexity index is 39.9. The summed E-state index contributed by atoms with van der Waals surface area (Å²) < 4.78 is 2.28. The van der Waals surface area contributed by atoms with Crippen LogP contribution in [-0.4, -0.2) is 16.2 Å². The van der Waals surface area contributed by atoms with Gasteiger partial charge in [-0.3, -0.25) is 0 Å². The smallest absolute Gasteiger partial charge is 0.0201 e. The lowest BCUT2D eigenvalue weighted by Gasteiger charge is -2.07. The van der Waals surface area contributed by atoms with Crippen LogP contribution in [0.5, 0.6) is 0 Å². The quantitative estimate of drug-likeness (QED) is 0.543. The minimum Gasteiger partial charge on any atom is -0.248 e. The molecule has 0 aromatic rings. The van der Waals surface area contributed by atoms with E-state index in [1.807, 2.05) is 13.8 Å². The lowest BCUT2D eigenvalue weighted by atomic mass is 10.5. The molecule has 0 N–H and O–H groups in total. The fourth-order valence-corrected chi connectivity index (χ4v) is 0.883. The van der Waals surface area contributed by atoms with Gasteiger partial charge >= 0.3 is 0 Å². The van der Waals surface area contributed by atoms with Gasteiger partial charge in [-0.2, -0.15) is 0 Å². The molecule has 0 aromatic heterocycles. The maximum absolute atomic E-state index is 2.34. The van der Waals surface area contributed by atoms with Crippen LogP contribution >= 0.6 is 22.9 Å². The van der Waals surface area contributed by atoms with Crippen molar-refractivity contribution in [1.29, 1.82) is 0 Å². The van der Waals surface area contributed by atoms with Gasteiger partial charge in [0.2, 0.25) is 0 Å². The van der Waals surface area contributed by atoms with Crippen molar-refractivity contribution in [2.45, 2.75) is 34.1 Å². The van der Waals surface area contributed by atoms with Gasteiger partial charge in [0, 0.05) is 36.0 Å². The Kier molecular flexibility index (Phi) is 15.8. The van der Waals surface area contributed by atoms with Crippen LogP contribution in [-0.2, 0) is 0 Å². The van der Waals surface area contributed by atoms with Crippen LogP contribution < -0.4 is 0 Å². The second-order valence-electron chi connectivity index (χ2n) is 1.50. The zero-order chi connectivity index (χ0) is 7.70. The molecule has 2 heteroatoms. The zero-order valence-electron chi connectivity index (χ0n) is 6.95. The van der Waals surface area contributed by atoms with E-state index in [2.05, 4.69) is 39.8 Å². The van der Waals surface area contributed by atoms with E-state index in [1.165, 1.54) is 13.0 Å². The van der Waals surface area contributed by atoms with Crippen molar-refractivity contribution in [2.75, 3.05) is 13.1 Å². The molecule has 1 nitrogen and oxygen atoms in total. The first-order valence-electron chi connectivity index (χ1n) is 3.72. The summed E-state index contributed by atoms with van der Waals surface area (Å²) in [5.74, 6) is 0. The highest BCUT2D eigenvalue weighted by atomic mass is 127. The van der Waals surface area contributed by atoms with Crippen molar-refractivity contribution in [2.24, 2.45) is 0 Å². The van der Waals surface area contributed by atoms with Crippen LogP contribution in [0, 0.1) is 0 Å². The second kappa shape index (κ2) is 11.5. The third-order valence-corrected chi connectivity index (χ3v) is 1.97. The molecule has 0 saturated heterocycles. The largest absolute Gasteiger partial charge is 0.248 e. The van der Waals surface area contributed by atoms with Crippen LogP contribution in [0.1, 0.15) is 34.1 Å². The second-order valence-corrected chi connectivity index (χ2v) is 2.87. The number of hydrogen-bond donors (Lipinski definition) is 0. The average Bonchev–Trinajstić information content (AvgIpc) is 1.93. The molecule has 0 heterocycles. The van der Waals surface area contributed by atoms with Gasteiger partial charge in [-0.1, -0.05) is 27.7 Å². The van der Waals surface area contributed by atoms with Crippen molar-refractivity contribution >= 4 is 22.9 Å². The number of rotatable bonds is 3. The molecule has 0 bridgehead atoms. The molecule has 0 fully saturated rings. The first-order valence-corrected chi connectivity index (χ1v) is 4.68. The number of halogens is 1. The molecule has 0 aromatic carbocycles. The highest BCUT2D eigenvalue weighted by Crippen LogP contribution is 1.96. The Balaban J connectivity index is 0. The predicted molar refractivity (Wildman–Crippen MR) is 52.9 cm³/mol. The fourth-order valence-electron chi connectivity index (χ4n) is 0.401. The van der Waals surface area contributed by atoms with E-state index in [0.29, 0.717) is 0 Å². The highest BCUT2D eigenvalue weighted by molar-refractivity contribution is 14.1. The summed E-state index contributed by atoms with van der Waals surface area (Å²) in [5.41, 5.74) is 0. The van der Waals surface area contributed by atoms with E-state index in [0.717, 1.165) is 6.54 Å². The Hall–Kier alpha value is 0.690. The molecule has 0 radical (unpaired) electrons. The molecule has 0 saturated carbocycles. The van der Waals surface area contributed by atoms with Crippen LogP contribution in [0.25, 0.3) is 0 Å². The molecule has 58 valence electrons. The summed E-state index contributed by atoms with van der Waals surface area (Å²) in [6.45, 7) is 10.7. The normalized spacial score (nSPS) is 8.67. The SMILES string of the molecule is CC.CCCN(I)CC. The molecule has 9 heavy (non-hydrogen) atoms. The summed E-state index contributed by atoms with van der Waals surface area (Å²) in [5, 5.41) is 0. The summed E-state index contributed by atoms with van der Waals surface area (Å²) in [6.07, 6.45) is 1.26. The topological polar surface area (TPSA) is 3.24 Å². The van der Waals surface area contributed by atoms with Gasteiger partial charge in [0.05, 0.1) is 0 Å². The lowest BCUT2D eigenvalue weighted by Crippen LogP contribution is -2.09. The van der Waals surface area contributed by atoms with Crippen LogP contribution in [0.4, 0.5) is 0 Å². The molecule has 0 aliphatic heterocycles. The van der Waals surface area contributed by atoms with Crippen LogP contribution in [0.2, 0.25) is 0 Å². The monoisotopic (exact) mass is 243 g/mol. The molecule has 0 spiro atoms. The molecule has 0 aliphatic carbocycles. The summed E-state index contributed by atoms with van der Waals surface area (Å²) in [6, 6.07) is 0. The van der Waals surface area contributed by atoms with E-state index < -0.39 is 0 Å². The average molecular weight is 243 g/mol. The van der Waals surface area contributed by atoms with E-state index in [1.54, 1.807) is 0 Å². The summed E-state index contributed by atoms with van der Waals surface area (Å²) in [7, 11) is 0. The van der Waals surface area contributed by atoms with Gasteiger partial charge in [-0.15, -0.1) is 0 Å². The molecule has 0 atom stereocenters. The van der Waals surface area contributed by atoms with Gasteiger partial charge in [-0.05, 0) is 6.42 Å². The van der Waals surface area contributed by atoms with Crippen molar-refractivity contribution in [3.8, 4) is 0 Å². The standard InChI is InChI=1S/C5H12IN.C2H6/c1-3-5-7(6)4-2;1-2/h3-5H2,1-2H3;1-2H3. The first kappa shape index (κ1) is 12.4. The third kappa shape index (κ3) is 12.0. The van der Waals surface area contributed by atoms with Gasteiger partial charge in [0.25, 0.3) is 0 Å².